The van der Waals surface area contributed by atoms with Crippen molar-refractivity contribution in [3.8, 4) is 27.2 Å². The molecule has 1 atom stereocenters. The van der Waals surface area contributed by atoms with Crippen molar-refractivity contribution in [1.82, 2.24) is 15.1 Å². The zero-order chi connectivity index (χ0) is 24.2. The van der Waals surface area contributed by atoms with Crippen LogP contribution in [0.5, 0.6) is 0 Å². The van der Waals surface area contributed by atoms with E-state index in [4.69, 9.17) is 0 Å². The number of aromatic nitrogens is 2. The van der Waals surface area contributed by atoms with Gasteiger partial charge >= 0.3 is 5.97 Å². The fraction of sp³-hybridized carbons (Fsp3) is 0.407. The van der Waals surface area contributed by atoms with Gasteiger partial charge in [-0.25, -0.2) is 0 Å². The van der Waals surface area contributed by atoms with Crippen LogP contribution in [0.4, 0.5) is 0 Å². The summed E-state index contributed by atoms with van der Waals surface area (Å²) in [6.45, 7) is 8.59. The Bertz CT molecular complexity index is 1230. The third-order valence-electron chi connectivity index (χ3n) is 6.40. The van der Waals surface area contributed by atoms with E-state index in [2.05, 4.69) is 54.1 Å². The maximum Gasteiger partial charge on any atom is 0.307 e. The fourth-order valence-electron chi connectivity index (χ4n) is 4.70. The van der Waals surface area contributed by atoms with Crippen molar-refractivity contribution in [2.75, 3.05) is 13.1 Å². The molecule has 2 heterocycles. The molecule has 0 aliphatic carbocycles. The van der Waals surface area contributed by atoms with Crippen molar-refractivity contribution in [2.45, 2.75) is 46.6 Å². The highest BCUT2D eigenvalue weighted by atomic mass is 32.1. The van der Waals surface area contributed by atoms with Gasteiger partial charge in [0, 0.05) is 24.2 Å². The number of nitrogens with zero attached hydrogens (tertiary/aromatic N) is 4. The van der Waals surface area contributed by atoms with E-state index in [-0.39, 0.29) is 5.92 Å². The van der Waals surface area contributed by atoms with Crippen molar-refractivity contribution in [3.05, 3.63) is 58.7 Å². The molecule has 1 unspecified atom stereocenters. The van der Waals surface area contributed by atoms with E-state index in [1.54, 1.807) is 11.3 Å². The highest BCUT2D eigenvalue weighted by Crippen LogP contribution is 2.35. The van der Waals surface area contributed by atoms with E-state index in [0.29, 0.717) is 24.4 Å². The number of rotatable bonds is 8. The third kappa shape index (κ3) is 5.19. The lowest BCUT2D eigenvalue weighted by molar-refractivity contribution is -0.141. The summed E-state index contributed by atoms with van der Waals surface area (Å²) in [5.41, 5.74) is 6.21. The molecule has 7 heteroatoms. The Balaban J connectivity index is 1.60. The maximum absolute atomic E-state index is 11.3. The molecule has 0 amide bonds. The molecule has 1 N–H and O–H groups in total. The van der Waals surface area contributed by atoms with Crippen LogP contribution in [0.3, 0.4) is 0 Å². The molecule has 1 aliphatic heterocycles. The van der Waals surface area contributed by atoms with Crippen LogP contribution in [0.25, 0.3) is 21.1 Å². The standard InChI is InChI=1S/C27H30N4O2S/c1-4-23-20(15-31-11-10-21(16-31)27(32)33)6-5-7-24(23)26-30-29-25(34-26)19-9-8-18(12-17(2)3)22(13-19)14-28/h5-9,13,17,21H,4,10-12,15-16H2,1-3H3,(H,32,33). The van der Waals surface area contributed by atoms with Crippen LogP contribution in [-0.4, -0.2) is 39.3 Å². The zero-order valence-corrected chi connectivity index (χ0v) is 20.7. The maximum atomic E-state index is 11.3. The number of hydrogen-bond acceptors (Lipinski definition) is 6. The lowest BCUT2D eigenvalue weighted by atomic mass is 9.97. The third-order valence-corrected chi connectivity index (χ3v) is 7.41. The van der Waals surface area contributed by atoms with Gasteiger partial charge in [0.1, 0.15) is 10.0 Å². The summed E-state index contributed by atoms with van der Waals surface area (Å²) in [6.07, 6.45) is 2.44. The number of likely N-dealkylation sites (tertiary alicyclic amines) is 1. The molecule has 6 nitrogen and oxygen atoms in total. The minimum atomic E-state index is -0.704. The zero-order valence-electron chi connectivity index (χ0n) is 19.9. The summed E-state index contributed by atoms with van der Waals surface area (Å²) < 4.78 is 0. The molecule has 34 heavy (non-hydrogen) atoms. The van der Waals surface area contributed by atoms with Crippen LogP contribution >= 0.6 is 11.3 Å². The van der Waals surface area contributed by atoms with Crippen molar-refractivity contribution < 1.29 is 9.90 Å². The van der Waals surface area contributed by atoms with Gasteiger partial charge < -0.3 is 5.11 Å². The molecule has 0 bridgehead atoms. The highest BCUT2D eigenvalue weighted by molar-refractivity contribution is 7.17. The minimum Gasteiger partial charge on any atom is -0.481 e. The molecular weight excluding hydrogens is 444 g/mol. The first kappa shape index (κ1) is 24.1. The molecule has 1 aliphatic rings. The first-order valence-corrected chi connectivity index (χ1v) is 12.6. The summed E-state index contributed by atoms with van der Waals surface area (Å²) in [5.74, 6) is -0.490. The average Bonchev–Trinajstić information content (AvgIpc) is 3.49. The van der Waals surface area contributed by atoms with Gasteiger partial charge in [-0.2, -0.15) is 5.26 Å². The summed E-state index contributed by atoms with van der Waals surface area (Å²) >= 11 is 1.54. The monoisotopic (exact) mass is 474 g/mol. The quantitative estimate of drug-likeness (QED) is 0.469. The molecule has 176 valence electrons. The van der Waals surface area contributed by atoms with Crippen LogP contribution in [0.15, 0.2) is 36.4 Å². The normalized spacial score (nSPS) is 16.1. The first-order chi connectivity index (χ1) is 16.4. The van der Waals surface area contributed by atoms with Gasteiger partial charge in [-0.05, 0) is 54.5 Å². The molecular formula is C27H30N4O2S. The van der Waals surface area contributed by atoms with Crippen molar-refractivity contribution in [2.24, 2.45) is 11.8 Å². The molecule has 2 aromatic carbocycles. The molecule has 4 rings (SSSR count). The number of carboxylic acid groups (broad SMARTS) is 1. The SMILES string of the molecule is CCc1c(CN2CCC(C(=O)O)C2)cccc1-c1nnc(-c2ccc(CC(C)C)c(C#N)c2)s1. The van der Waals surface area contributed by atoms with E-state index in [1.807, 2.05) is 24.3 Å². The number of nitriles is 1. The van der Waals surface area contributed by atoms with Crippen molar-refractivity contribution in [3.63, 3.8) is 0 Å². The topological polar surface area (TPSA) is 90.1 Å². The number of hydrogen-bond donors (Lipinski definition) is 1. The van der Waals surface area contributed by atoms with Gasteiger partial charge in [0.2, 0.25) is 0 Å². The molecule has 1 saturated heterocycles. The number of carboxylic acids is 1. The molecule has 1 aromatic heterocycles. The Morgan fingerprint density at radius 2 is 2.03 bits per heavy atom. The Morgan fingerprint density at radius 3 is 2.71 bits per heavy atom. The van der Waals surface area contributed by atoms with E-state index in [0.717, 1.165) is 52.6 Å². The largest absolute Gasteiger partial charge is 0.481 e. The Hall–Kier alpha value is -3.08. The van der Waals surface area contributed by atoms with Crippen molar-refractivity contribution in [1.29, 1.82) is 5.26 Å². The summed E-state index contributed by atoms with van der Waals surface area (Å²) in [6, 6.07) is 14.6. The van der Waals surface area contributed by atoms with E-state index in [9.17, 15) is 15.2 Å². The summed E-state index contributed by atoms with van der Waals surface area (Å²) in [5, 5.41) is 29.6. The van der Waals surface area contributed by atoms with Crippen LogP contribution < -0.4 is 0 Å². The molecule has 1 fully saturated rings. The molecule has 0 saturated carbocycles. The second-order valence-electron chi connectivity index (χ2n) is 9.35. The van der Waals surface area contributed by atoms with Crippen molar-refractivity contribution >= 4 is 17.3 Å². The minimum absolute atomic E-state index is 0.274. The first-order valence-electron chi connectivity index (χ1n) is 11.8. The molecule has 0 radical (unpaired) electrons. The van der Waals surface area contributed by atoms with Gasteiger partial charge in [0.15, 0.2) is 0 Å². The smallest absolute Gasteiger partial charge is 0.307 e. The summed E-state index contributed by atoms with van der Waals surface area (Å²) in [4.78, 5) is 13.6. The van der Waals surface area contributed by atoms with E-state index < -0.39 is 5.97 Å². The number of aliphatic carboxylic acids is 1. The van der Waals surface area contributed by atoms with Crippen LogP contribution in [0, 0.1) is 23.2 Å². The van der Waals surface area contributed by atoms with E-state index >= 15 is 0 Å². The lowest BCUT2D eigenvalue weighted by Gasteiger charge is -2.19. The Morgan fingerprint density at radius 1 is 1.24 bits per heavy atom. The average molecular weight is 475 g/mol. The Labute approximate surface area is 204 Å². The number of benzene rings is 2. The molecule has 3 aromatic rings. The predicted octanol–water partition coefficient (Wildman–Crippen LogP) is 5.41. The van der Waals surface area contributed by atoms with Gasteiger partial charge in [-0.15, -0.1) is 10.2 Å². The fourth-order valence-corrected chi connectivity index (χ4v) is 5.59. The highest BCUT2D eigenvalue weighted by Gasteiger charge is 2.28. The van der Waals surface area contributed by atoms with Gasteiger partial charge in [0.05, 0.1) is 17.6 Å². The lowest BCUT2D eigenvalue weighted by Crippen LogP contribution is -2.23. The van der Waals surface area contributed by atoms with Gasteiger partial charge in [0.25, 0.3) is 0 Å². The summed E-state index contributed by atoms with van der Waals surface area (Å²) in [7, 11) is 0. The number of carbonyl (C=O) groups is 1. The Kier molecular flexibility index (Phi) is 7.40. The second-order valence-corrected chi connectivity index (χ2v) is 10.3. The van der Waals surface area contributed by atoms with Crippen LogP contribution in [-0.2, 0) is 24.2 Å². The predicted molar refractivity (Wildman–Crippen MR) is 134 cm³/mol. The van der Waals surface area contributed by atoms with Gasteiger partial charge in [-0.1, -0.05) is 62.4 Å². The van der Waals surface area contributed by atoms with Crippen LogP contribution in [0.2, 0.25) is 0 Å². The second kappa shape index (κ2) is 10.5. The van der Waals surface area contributed by atoms with E-state index in [1.165, 1.54) is 11.1 Å². The van der Waals surface area contributed by atoms with Gasteiger partial charge in [-0.3, -0.25) is 9.69 Å². The van der Waals surface area contributed by atoms with Crippen LogP contribution in [0.1, 0.15) is 49.4 Å². The molecule has 0 spiro atoms.